The number of nitrogens with one attached hydrogen (secondary N) is 3. The highest BCUT2D eigenvalue weighted by atomic mass is 16.3. The third-order valence-corrected chi connectivity index (χ3v) is 9.15. The molecule has 5 N–H and O–H groups in total. The van der Waals surface area contributed by atoms with E-state index in [1.165, 1.54) is 6.20 Å². The monoisotopic (exact) mass is 548 g/mol. The van der Waals surface area contributed by atoms with Crippen LogP contribution >= 0.6 is 0 Å². The number of likely N-dealkylation sites (N-methyl/N-ethyl adjacent to an activating group) is 1. The van der Waals surface area contributed by atoms with Crippen molar-refractivity contribution in [3.63, 3.8) is 0 Å². The van der Waals surface area contributed by atoms with Gasteiger partial charge in [0.15, 0.2) is 0 Å². The largest absolute Gasteiger partial charge is 0.507 e. The van der Waals surface area contributed by atoms with Gasteiger partial charge in [-0.3, -0.25) is 19.4 Å². The number of ketones is 1. The third-order valence-electron chi connectivity index (χ3n) is 9.15. The molecule has 1 aliphatic heterocycles. The van der Waals surface area contributed by atoms with Crippen molar-refractivity contribution in [1.82, 2.24) is 20.2 Å². The number of piperidine rings is 1. The molecular weight excluding hydrogens is 512 g/mol. The number of carbonyl (C=O) groups excluding carboxylic acids is 2. The van der Waals surface area contributed by atoms with Crippen molar-refractivity contribution in [1.29, 1.82) is 0 Å². The molecule has 3 aliphatic rings. The minimum absolute atomic E-state index is 0.0757. The Kier molecular flexibility index (Phi) is 7.18. The van der Waals surface area contributed by atoms with Gasteiger partial charge in [-0.1, -0.05) is 23.8 Å². The fraction of sp³-hybridized carbons (Fsp3) is 0.467. The van der Waals surface area contributed by atoms with E-state index in [4.69, 9.17) is 0 Å². The predicted octanol–water partition coefficient (Wildman–Crippen LogP) is 1.92. The number of phenolic OH excluding ortho intramolecular Hbond substituents is 1. The maximum absolute atomic E-state index is 13.2. The summed E-state index contributed by atoms with van der Waals surface area (Å²) in [6.45, 7) is 4.69. The summed E-state index contributed by atoms with van der Waals surface area (Å²) in [5, 5.41) is 26.3. The van der Waals surface area contributed by atoms with E-state index in [-0.39, 0.29) is 29.6 Å². The molecule has 2 bridgehead atoms. The molecule has 1 saturated heterocycles. The van der Waals surface area contributed by atoms with E-state index in [1.54, 1.807) is 19.1 Å². The maximum Gasteiger partial charge on any atom is 0.325 e. The van der Waals surface area contributed by atoms with Gasteiger partial charge in [-0.05, 0) is 70.3 Å². The number of rotatable bonds is 6. The van der Waals surface area contributed by atoms with E-state index in [0.717, 1.165) is 11.1 Å². The Morgan fingerprint density at radius 2 is 1.95 bits per heavy atom. The first-order valence-electron chi connectivity index (χ1n) is 13.7. The number of nitrogens with zero attached hydrogens (tertiary/aromatic N) is 1. The summed E-state index contributed by atoms with van der Waals surface area (Å²) in [5.41, 5.74) is 0.516. The number of aromatic hydroxyl groups is 1. The van der Waals surface area contributed by atoms with Gasteiger partial charge in [0.2, 0.25) is 0 Å². The number of phenols is 1. The van der Waals surface area contributed by atoms with E-state index in [9.17, 15) is 29.4 Å². The highest BCUT2D eigenvalue weighted by molar-refractivity contribution is 5.98. The number of hydrogen-bond acceptors (Lipinski definition) is 7. The Balaban J connectivity index is 1.33. The van der Waals surface area contributed by atoms with Gasteiger partial charge in [-0.2, -0.15) is 0 Å². The van der Waals surface area contributed by atoms with Crippen LogP contribution in [0.2, 0.25) is 0 Å². The van der Waals surface area contributed by atoms with Crippen LogP contribution in [0.15, 0.2) is 45.6 Å². The van der Waals surface area contributed by atoms with E-state index >= 15 is 0 Å². The summed E-state index contributed by atoms with van der Waals surface area (Å²) in [6.07, 6.45) is 7.46. The molecule has 1 aromatic heterocycles. The molecule has 10 nitrogen and oxygen atoms in total. The molecule has 0 spiro atoms. The summed E-state index contributed by atoms with van der Waals surface area (Å²) in [4.78, 5) is 55.8. The standard InChI is InChI=1S/C30H36N4O6/c1-17(4-5-18(2)22-16-32-28(39)33-27(22)38)9-12-31-26(37)21-7-6-19-14-23-30(40)10-8-20(35)15-29(30,11-13-34(23)3)24(19)25(21)36/h4-7,16,23,36,40H,8-15H2,1-3H3,(H,31,37)(H2,32,33,38,39)/b17-4+,18-5+/t23-,29-,30-/m1/s1. The average molecular weight is 549 g/mol. The van der Waals surface area contributed by atoms with Crippen molar-refractivity contribution in [2.45, 2.75) is 69.4 Å². The summed E-state index contributed by atoms with van der Waals surface area (Å²) < 4.78 is 0. The van der Waals surface area contributed by atoms with Crippen LogP contribution in [0.5, 0.6) is 5.75 Å². The Morgan fingerprint density at radius 1 is 1.18 bits per heavy atom. The highest BCUT2D eigenvalue weighted by Crippen LogP contribution is 2.59. The molecule has 2 heterocycles. The Labute approximate surface area is 231 Å². The number of aromatic amines is 2. The van der Waals surface area contributed by atoms with Crippen molar-refractivity contribution < 1.29 is 19.8 Å². The van der Waals surface area contributed by atoms with Crippen LogP contribution in [0.1, 0.15) is 73.0 Å². The second-order valence-corrected chi connectivity index (χ2v) is 11.5. The molecule has 0 unspecified atom stereocenters. The minimum Gasteiger partial charge on any atom is -0.507 e. The lowest BCUT2D eigenvalue weighted by Gasteiger charge is -2.62. The topological polar surface area (TPSA) is 156 Å². The summed E-state index contributed by atoms with van der Waals surface area (Å²) in [7, 11) is 1.99. The molecule has 2 aromatic rings. The first kappa shape index (κ1) is 27.8. The molecule has 212 valence electrons. The number of aliphatic hydroxyl groups is 1. The fourth-order valence-electron chi connectivity index (χ4n) is 6.92. The summed E-state index contributed by atoms with van der Waals surface area (Å²) in [6, 6.07) is 3.34. The summed E-state index contributed by atoms with van der Waals surface area (Å²) >= 11 is 0. The van der Waals surface area contributed by atoms with Gasteiger partial charge < -0.3 is 25.4 Å². The Hall–Kier alpha value is -3.76. The second-order valence-electron chi connectivity index (χ2n) is 11.5. The Morgan fingerprint density at radius 3 is 2.70 bits per heavy atom. The molecule has 2 aliphatic carbocycles. The van der Waals surface area contributed by atoms with Crippen LogP contribution in [0, 0.1) is 0 Å². The SMILES string of the molecule is C/C(=C\C=C(/C)c1c[nH]c(=O)[nH]c1=O)CCNC(=O)c1ccc2c(c1O)[C@]13CCN(C)[C@H](C2)[C@]1(O)CCC(=O)C3. The van der Waals surface area contributed by atoms with Crippen molar-refractivity contribution in [2.24, 2.45) is 0 Å². The van der Waals surface area contributed by atoms with Gasteiger partial charge in [0.05, 0.1) is 16.7 Å². The summed E-state index contributed by atoms with van der Waals surface area (Å²) in [5.74, 6) is -0.480. The highest BCUT2D eigenvalue weighted by Gasteiger charge is 2.65. The van der Waals surface area contributed by atoms with Crippen LogP contribution in [0.4, 0.5) is 0 Å². The van der Waals surface area contributed by atoms with E-state index in [2.05, 4.69) is 20.2 Å². The predicted molar refractivity (Wildman–Crippen MR) is 150 cm³/mol. The smallest absolute Gasteiger partial charge is 0.325 e. The number of aromatic nitrogens is 2. The van der Waals surface area contributed by atoms with Crippen LogP contribution in [-0.4, -0.2) is 68.6 Å². The molecule has 1 saturated carbocycles. The molecule has 10 heteroatoms. The number of likely N-dealkylation sites (tertiary alicyclic amines) is 1. The molecule has 40 heavy (non-hydrogen) atoms. The Bertz CT molecular complexity index is 1550. The van der Waals surface area contributed by atoms with Crippen molar-refractivity contribution in [3.8, 4) is 5.75 Å². The van der Waals surface area contributed by atoms with Gasteiger partial charge in [-0.25, -0.2) is 4.79 Å². The first-order chi connectivity index (χ1) is 19.0. The lowest BCUT2D eigenvalue weighted by molar-refractivity contribution is -0.169. The van der Waals surface area contributed by atoms with Gasteiger partial charge in [0, 0.05) is 42.6 Å². The van der Waals surface area contributed by atoms with E-state index in [0.29, 0.717) is 61.9 Å². The zero-order valence-corrected chi connectivity index (χ0v) is 23.1. The quantitative estimate of drug-likeness (QED) is 0.345. The van der Waals surface area contributed by atoms with Crippen LogP contribution < -0.4 is 16.6 Å². The number of benzene rings is 1. The number of fused-ring (bicyclic) bond motifs is 1. The van der Waals surface area contributed by atoms with E-state index in [1.807, 2.05) is 26.1 Å². The van der Waals surface area contributed by atoms with Gasteiger partial charge in [0.25, 0.3) is 11.5 Å². The van der Waals surface area contributed by atoms with Gasteiger partial charge >= 0.3 is 5.69 Å². The number of hydrogen-bond donors (Lipinski definition) is 5. The molecular formula is C30H36N4O6. The second kappa shape index (κ2) is 10.3. The molecule has 1 aromatic carbocycles. The number of allylic oxidation sites excluding steroid dienone is 3. The number of carbonyl (C=O) groups is 2. The first-order valence-corrected chi connectivity index (χ1v) is 13.7. The normalized spacial score (nSPS) is 26.7. The van der Waals surface area contributed by atoms with Gasteiger partial charge in [0.1, 0.15) is 11.5 Å². The average Bonchev–Trinajstić information content (AvgIpc) is 2.89. The van der Waals surface area contributed by atoms with Crippen LogP contribution in [-0.2, 0) is 16.6 Å². The van der Waals surface area contributed by atoms with Crippen molar-refractivity contribution in [3.05, 3.63) is 79.1 Å². The lowest BCUT2D eigenvalue weighted by atomic mass is 9.49. The van der Waals surface area contributed by atoms with Crippen molar-refractivity contribution in [2.75, 3.05) is 20.1 Å². The van der Waals surface area contributed by atoms with Gasteiger partial charge in [-0.15, -0.1) is 0 Å². The molecule has 5 rings (SSSR count). The minimum atomic E-state index is -1.14. The zero-order chi connectivity index (χ0) is 28.8. The van der Waals surface area contributed by atoms with Crippen LogP contribution in [0.25, 0.3) is 5.57 Å². The zero-order valence-electron chi connectivity index (χ0n) is 23.1. The van der Waals surface area contributed by atoms with E-state index < -0.39 is 28.2 Å². The van der Waals surface area contributed by atoms with Crippen molar-refractivity contribution >= 4 is 17.3 Å². The number of amides is 1. The molecule has 3 atom stereocenters. The molecule has 2 fully saturated rings. The number of H-pyrrole nitrogens is 2. The molecule has 1 amide bonds. The lowest BCUT2D eigenvalue weighted by Crippen LogP contribution is -2.72. The molecule has 0 radical (unpaired) electrons. The fourth-order valence-corrected chi connectivity index (χ4v) is 6.92. The van der Waals surface area contributed by atoms with Crippen LogP contribution in [0.3, 0.4) is 0 Å². The third kappa shape index (κ3) is 4.54. The maximum atomic E-state index is 13.2. The number of Topliss-reactive ketones (excluding diaryl/α,β-unsaturated/α-hetero) is 1.